The van der Waals surface area contributed by atoms with E-state index in [0.717, 1.165) is 24.3 Å². The van der Waals surface area contributed by atoms with Crippen LogP contribution < -0.4 is 4.18 Å². The molecule has 2 rings (SSSR count). The summed E-state index contributed by atoms with van der Waals surface area (Å²) in [6, 6.07) is 10.5. The smallest absolute Gasteiger partial charge is 0.340 e. The molecular formula is C12H8IO6S2-. The van der Waals surface area contributed by atoms with E-state index in [-0.39, 0.29) is 10.6 Å². The van der Waals surface area contributed by atoms with E-state index in [1.165, 1.54) is 6.07 Å². The first kappa shape index (κ1) is 16.2. The van der Waals surface area contributed by atoms with Gasteiger partial charge in [-0.15, -0.1) is 0 Å². The minimum absolute atomic E-state index is 0.00567. The Morgan fingerprint density at radius 3 is 2.00 bits per heavy atom. The Labute approximate surface area is 135 Å². The van der Waals surface area contributed by atoms with Crippen molar-refractivity contribution in [1.82, 2.24) is 0 Å². The summed E-state index contributed by atoms with van der Waals surface area (Å²) >= 11 is 1.86. The second-order valence-electron chi connectivity index (χ2n) is 3.89. The van der Waals surface area contributed by atoms with E-state index < -0.39 is 25.1 Å². The standard InChI is InChI=1S/C12H9IO6S2/c13-11-3-1-2-4-12(11)21(17,18)19-9-5-7-10(8-6-9)20(14,15)16/h1-8H,(H,14,15,16)/p-1. The van der Waals surface area contributed by atoms with Gasteiger partial charge in [-0.25, -0.2) is 8.42 Å². The molecule has 0 unspecified atom stereocenters. The molecule has 0 amide bonds. The summed E-state index contributed by atoms with van der Waals surface area (Å²) in [5.41, 5.74) is 0. The van der Waals surface area contributed by atoms with E-state index in [0.29, 0.717) is 3.57 Å². The van der Waals surface area contributed by atoms with Crippen molar-refractivity contribution in [3.05, 3.63) is 52.1 Å². The predicted molar refractivity (Wildman–Crippen MR) is 81.4 cm³/mol. The zero-order valence-corrected chi connectivity index (χ0v) is 14.1. The third-order valence-corrected chi connectivity index (χ3v) is 5.89. The summed E-state index contributed by atoms with van der Waals surface area (Å²) < 4.78 is 61.9. The second-order valence-corrected chi connectivity index (χ2v) is 7.95. The molecule has 0 spiro atoms. The first-order valence-electron chi connectivity index (χ1n) is 5.45. The second kappa shape index (κ2) is 5.91. The Morgan fingerprint density at radius 1 is 0.905 bits per heavy atom. The molecule has 0 radical (unpaired) electrons. The maximum Gasteiger partial charge on any atom is 0.340 e. The van der Waals surface area contributed by atoms with E-state index in [1.54, 1.807) is 18.2 Å². The Morgan fingerprint density at radius 2 is 1.48 bits per heavy atom. The van der Waals surface area contributed by atoms with Gasteiger partial charge in [0, 0.05) is 3.57 Å². The lowest BCUT2D eigenvalue weighted by atomic mass is 10.3. The fourth-order valence-corrected chi connectivity index (χ4v) is 4.15. The van der Waals surface area contributed by atoms with Gasteiger partial charge in [0.1, 0.15) is 20.8 Å². The Hall–Kier alpha value is -1.17. The van der Waals surface area contributed by atoms with E-state index in [9.17, 15) is 21.4 Å². The van der Waals surface area contributed by atoms with Gasteiger partial charge in [0.15, 0.2) is 0 Å². The maximum absolute atomic E-state index is 12.1. The Balaban J connectivity index is 2.32. The molecule has 2 aromatic carbocycles. The molecule has 0 aliphatic carbocycles. The van der Waals surface area contributed by atoms with Gasteiger partial charge in [-0.05, 0) is 59.0 Å². The molecule has 0 aliphatic heterocycles. The number of halogens is 1. The lowest BCUT2D eigenvalue weighted by Gasteiger charge is -2.10. The van der Waals surface area contributed by atoms with Crippen LogP contribution >= 0.6 is 22.6 Å². The van der Waals surface area contributed by atoms with E-state index in [2.05, 4.69) is 0 Å². The molecule has 2 aromatic rings. The predicted octanol–water partition coefficient (Wildman–Crippen LogP) is 1.96. The van der Waals surface area contributed by atoms with Crippen LogP contribution in [0.5, 0.6) is 5.75 Å². The third-order valence-electron chi connectivity index (χ3n) is 2.42. The van der Waals surface area contributed by atoms with Crippen LogP contribution in [-0.4, -0.2) is 21.4 Å². The Kier molecular flexibility index (Phi) is 4.56. The Bertz CT molecular complexity index is 857. The van der Waals surface area contributed by atoms with Gasteiger partial charge < -0.3 is 8.74 Å². The molecule has 0 saturated heterocycles. The van der Waals surface area contributed by atoms with Crippen molar-refractivity contribution in [2.45, 2.75) is 9.79 Å². The number of hydrogen-bond acceptors (Lipinski definition) is 6. The van der Waals surface area contributed by atoms with Crippen LogP contribution in [0, 0.1) is 3.57 Å². The fourth-order valence-electron chi connectivity index (χ4n) is 1.48. The maximum atomic E-state index is 12.1. The van der Waals surface area contributed by atoms with Gasteiger partial charge in [-0.1, -0.05) is 12.1 Å². The molecule has 0 saturated carbocycles. The summed E-state index contributed by atoms with van der Waals surface area (Å²) in [7, 11) is -8.61. The molecular weight excluding hydrogens is 431 g/mol. The molecule has 0 aliphatic rings. The first-order chi connectivity index (χ1) is 9.70. The van der Waals surface area contributed by atoms with Crippen LogP contribution in [0.1, 0.15) is 0 Å². The van der Waals surface area contributed by atoms with Crippen LogP contribution in [0.2, 0.25) is 0 Å². The molecule has 6 nitrogen and oxygen atoms in total. The van der Waals surface area contributed by atoms with E-state index >= 15 is 0 Å². The molecule has 0 fully saturated rings. The number of hydrogen-bond donors (Lipinski definition) is 0. The molecule has 112 valence electrons. The number of rotatable bonds is 4. The van der Waals surface area contributed by atoms with Gasteiger partial charge in [-0.3, -0.25) is 0 Å². The van der Waals surface area contributed by atoms with E-state index in [1.807, 2.05) is 22.6 Å². The zero-order valence-electron chi connectivity index (χ0n) is 10.3. The molecule has 0 heterocycles. The highest BCUT2D eigenvalue weighted by molar-refractivity contribution is 14.1. The van der Waals surface area contributed by atoms with Gasteiger partial charge in [0.05, 0.1) is 4.90 Å². The minimum atomic E-state index is -4.58. The van der Waals surface area contributed by atoms with Crippen molar-refractivity contribution in [2.24, 2.45) is 0 Å². The molecule has 0 N–H and O–H groups in total. The van der Waals surface area contributed by atoms with Crippen molar-refractivity contribution >= 4 is 42.8 Å². The highest BCUT2D eigenvalue weighted by Crippen LogP contribution is 2.23. The molecule has 21 heavy (non-hydrogen) atoms. The van der Waals surface area contributed by atoms with Crippen molar-refractivity contribution in [3.8, 4) is 5.75 Å². The first-order valence-corrected chi connectivity index (χ1v) is 9.35. The summed E-state index contributed by atoms with van der Waals surface area (Å²) in [6.45, 7) is 0. The largest absolute Gasteiger partial charge is 0.744 e. The topological polar surface area (TPSA) is 101 Å². The molecule has 9 heteroatoms. The van der Waals surface area contributed by atoms with Gasteiger partial charge in [-0.2, -0.15) is 8.42 Å². The summed E-state index contributed by atoms with van der Waals surface area (Å²) in [5.74, 6) is -0.0814. The number of benzene rings is 2. The van der Waals surface area contributed by atoms with Crippen molar-refractivity contribution in [3.63, 3.8) is 0 Å². The molecule has 0 bridgehead atoms. The normalized spacial score (nSPS) is 12.1. The summed E-state index contributed by atoms with van der Waals surface area (Å²) in [5, 5.41) is 0. The fraction of sp³-hybridized carbons (Fsp3) is 0. The summed E-state index contributed by atoms with van der Waals surface area (Å²) in [4.78, 5) is -0.451. The van der Waals surface area contributed by atoms with Gasteiger partial charge in [0.2, 0.25) is 0 Å². The van der Waals surface area contributed by atoms with Crippen LogP contribution in [0.15, 0.2) is 58.3 Å². The van der Waals surface area contributed by atoms with Crippen molar-refractivity contribution in [2.75, 3.05) is 0 Å². The highest BCUT2D eigenvalue weighted by Gasteiger charge is 2.19. The SMILES string of the molecule is O=S(=O)([O-])c1ccc(OS(=O)(=O)c2ccccc2I)cc1. The average molecular weight is 439 g/mol. The lowest BCUT2D eigenvalue weighted by Crippen LogP contribution is -2.11. The van der Waals surface area contributed by atoms with Crippen LogP contribution in [0.4, 0.5) is 0 Å². The minimum Gasteiger partial charge on any atom is -0.744 e. The monoisotopic (exact) mass is 439 g/mol. The highest BCUT2D eigenvalue weighted by atomic mass is 127. The summed E-state index contributed by atoms with van der Waals surface area (Å²) in [6.07, 6.45) is 0. The molecule has 0 aromatic heterocycles. The third kappa shape index (κ3) is 3.93. The van der Waals surface area contributed by atoms with Crippen molar-refractivity contribution < 1.29 is 25.6 Å². The van der Waals surface area contributed by atoms with Crippen LogP contribution in [0.3, 0.4) is 0 Å². The van der Waals surface area contributed by atoms with Gasteiger partial charge in [0.25, 0.3) is 0 Å². The zero-order chi connectivity index (χ0) is 15.7. The molecule has 0 atom stereocenters. The average Bonchev–Trinajstić information content (AvgIpc) is 2.38. The quantitative estimate of drug-likeness (QED) is 0.410. The van der Waals surface area contributed by atoms with Gasteiger partial charge >= 0.3 is 10.1 Å². The van der Waals surface area contributed by atoms with E-state index in [4.69, 9.17) is 4.18 Å². The van der Waals surface area contributed by atoms with Crippen LogP contribution in [0.25, 0.3) is 0 Å². The van der Waals surface area contributed by atoms with Crippen LogP contribution in [-0.2, 0) is 20.2 Å². The van der Waals surface area contributed by atoms with Crippen molar-refractivity contribution in [1.29, 1.82) is 0 Å². The lowest BCUT2D eigenvalue weighted by molar-refractivity contribution is 0.463.